The lowest BCUT2D eigenvalue weighted by Crippen LogP contribution is -2.55. The van der Waals surface area contributed by atoms with E-state index in [-0.39, 0.29) is 150 Å². The summed E-state index contributed by atoms with van der Waals surface area (Å²) in [5.41, 5.74) is -0.299. The minimum Gasteiger partial charge on any atom is -0.490 e. The van der Waals surface area contributed by atoms with Crippen LogP contribution < -0.4 is 28.4 Å². The summed E-state index contributed by atoms with van der Waals surface area (Å²) in [5.74, 6) is -8.97. The number of pyridine rings is 1. The lowest BCUT2D eigenvalue weighted by atomic mass is 9.58. The van der Waals surface area contributed by atoms with E-state index < -0.39 is 175 Å². The summed E-state index contributed by atoms with van der Waals surface area (Å²) >= 11 is 23.9. The molecule has 732 valence electrons. The molecule has 2 N–H and O–H groups in total. The molecular formula is C97H97Cl4F8N5O18S5. The fourth-order valence-corrected chi connectivity index (χ4v) is 32.4. The van der Waals surface area contributed by atoms with Gasteiger partial charge in [0.15, 0.2) is 80.8 Å². The summed E-state index contributed by atoms with van der Waals surface area (Å²) in [6, 6.07) is 35.2. The van der Waals surface area contributed by atoms with Gasteiger partial charge in [0.2, 0.25) is 10.0 Å². The van der Waals surface area contributed by atoms with Gasteiger partial charge in [-0.2, -0.15) is 0 Å². The van der Waals surface area contributed by atoms with Crippen LogP contribution >= 0.6 is 46.4 Å². The van der Waals surface area contributed by atoms with Crippen molar-refractivity contribution >= 4 is 108 Å². The fraction of sp³-hybridized carbons (Fsp3) is 0.433. The molecule has 14 atom stereocenters. The van der Waals surface area contributed by atoms with Gasteiger partial charge in [-0.1, -0.05) is 78.5 Å². The second kappa shape index (κ2) is 39.1. The smallest absolute Gasteiger partial charge is 0.410 e. The number of carbonyl (C=O) groups is 2. The number of ether oxygens (including phenoxy) is 6. The molecule has 0 radical (unpaired) electrons. The van der Waals surface area contributed by atoms with Gasteiger partial charge < -0.3 is 38.2 Å². The van der Waals surface area contributed by atoms with Crippen LogP contribution in [0.5, 0.6) is 23.0 Å². The van der Waals surface area contributed by atoms with Gasteiger partial charge in [-0.15, -0.1) is 0 Å². The minimum absolute atomic E-state index is 0.0155. The Morgan fingerprint density at radius 1 is 0.401 bits per heavy atom. The highest BCUT2D eigenvalue weighted by Crippen LogP contribution is 2.62. The molecule has 7 fully saturated rings. The molecule has 0 unspecified atom stereocenters. The molecule has 40 heteroatoms. The van der Waals surface area contributed by atoms with Crippen LogP contribution in [0.3, 0.4) is 0 Å². The van der Waals surface area contributed by atoms with Crippen molar-refractivity contribution < 1.29 is 115 Å². The Bertz CT molecular complexity index is 6730. The number of nitrogens with one attached hydrogen (secondary N) is 2. The Morgan fingerprint density at radius 2 is 0.745 bits per heavy atom. The number of sulfone groups is 3. The molecule has 5 saturated carbocycles. The van der Waals surface area contributed by atoms with E-state index in [2.05, 4.69) is 28.3 Å². The number of amides is 2. The number of rotatable bonds is 16. The molecule has 0 bridgehead atoms. The second-order valence-corrected chi connectivity index (χ2v) is 49.3. The number of halogens is 12. The summed E-state index contributed by atoms with van der Waals surface area (Å²) in [6.07, 6.45) is 5.58. The van der Waals surface area contributed by atoms with E-state index in [0.717, 1.165) is 74.0 Å². The monoisotopic (exact) mass is 2070 g/mol. The molecule has 1 aromatic heterocycles. The fourth-order valence-electron chi connectivity index (χ4n) is 22.0. The van der Waals surface area contributed by atoms with Crippen LogP contribution in [0.1, 0.15) is 144 Å². The van der Waals surface area contributed by atoms with Crippen molar-refractivity contribution in [1.29, 1.82) is 0 Å². The number of fused-ring (bicyclic) bond motifs is 12. The molecule has 11 aliphatic rings. The van der Waals surface area contributed by atoms with Gasteiger partial charge in [0.1, 0.15) is 49.7 Å². The molecular weight excluding hydrogens is 1980 g/mol. The average Bonchev–Trinajstić information content (AvgIpc) is 1.39. The van der Waals surface area contributed by atoms with Gasteiger partial charge in [-0.05, 0) is 272 Å². The summed E-state index contributed by atoms with van der Waals surface area (Å²) in [4.78, 5) is 32.4. The van der Waals surface area contributed by atoms with Crippen molar-refractivity contribution in [2.75, 3.05) is 52.6 Å². The zero-order valence-electron chi connectivity index (χ0n) is 74.0. The van der Waals surface area contributed by atoms with Crippen molar-refractivity contribution in [3.05, 3.63) is 264 Å². The van der Waals surface area contributed by atoms with Crippen molar-refractivity contribution in [1.82, 2.24) is 24.2 Å². The number of sulfonamides is 2. The van der Waals surface area contributed by atoms with Crippen LogP contribution in [0, 0.1) is 82.0 Å². The lowest BCUT2D eigenvalue weighted by molar-refractivity contribution is -0.0114. The summed E-state index contributed by atoms with van der Waals surface area (Å²) < 4.78 is 289. The van der Waals surface area contributed by atoms with Crippen molar-refractivity contribution in [3.8, 4) is 23.0 Å². The highest BCUT2D eigenvalue weighted by atomic mass is 35.5. The van der Waals surface area contributed by atoms with Gasteiger partial charge in [0.25, 0.3) is 10.0 Å². The first-order valence-corrected chi connectivity index (χ1v) is 54.2. The van der Waals surface area contributed by atoms with Gasteiger partial charge in [0, 0.05) is 99.2 Å². The van der Waals surface area contributed by atoms with Crippen LogP contribution in [0.2, 0.25) is 20.1 Å². The number of hydrogen-bond acceptors (Lipinski definition) is 19. The summed E-state index contributed by atoms with van der Waals surface area (Å²) in [6.45, 7) is 6.57. The minimum atomic E-state index is -4.31. The Labute approximate surface area is 809 Å². The Balaban J connectivity index is 0.000000127. The van der Waals surface area contributed by atoms with E-state index >= 15 is 17.6 Å². The number of likely N-dealkylation sites (tertiary alicyclic amines) is 2. The molecule has 2 amide bonds. The normalized spacial score (nSPS) is 26.9. The quantitative estimate of drug-likeness (QED) is 0.0849. The molecule has 9 aromatic rings. The lowest BCUT2D eigenvalue weighted by Gasteiger charge is -2.50. The number of nitrogens with zero attached hydrogens (tertiary/aromatic N) is 3. The third kappa shape index (κ3) is 18.9. The highest BCUT2D eigenvalue weighted by molar-refractivity contribution is 7.93. The number of hydrogen-bond donors (Lipinski definition) is 2. The first-order chi connectivity index (χ1) is 65.1. The van der Waals surface area contributed by atoms with Crippen LogP contribution in [0.25, 0.3) is 0 Å². The zero-order chi connectivity index (χ0) is 97.4. The van der Waals surface area contributed by atoms with E-state index in [1.807, 2.05) is 24.3 Å². The molecule has 0 spiro atoms. The predicted octanol–water partition coefficient (Wildman–Crippen LogP) is 19.6. The van der Waals surface area contributed by atoms with E-state index in [4.69, 9.17) is 74.8 Å². The van der Waals surface area contributed by atoms with Gasteiger partial charge >= 0.3 is 12.2 Å². The first-order valence-electron chi connectivity index (χ1n) is 45.2. The Hall–Kier alpha value is -9.08. The van der Waals surface area contributed by atoms with Crippen molar-refractivity contribution in [2.45, 2.75) is 192 Å². The maximum atomic E-state index is 15.3. The van der Waals surface area contributed by atoms with Crippen LogP contribution in [-0.2, 0) is 85.1 Å². The SMILES string of the molecule is C[C@@H]1CCN(C(=O)O[C@@H]2CC[C@@]3(Cc4ccc(Cl)cc4)c4c(F)ccc(F)c4OC[C@H]3C2)C1.C[C@@H]1CCN(C(=O)O[C@@H]2CC[C@@]3(S(=O)(=O)c4ccc(Cl)cc4)c4c(F)ccc(F)c4OC[C@H]3C2)C1.O=S(=O)(N[C@@H]1CC[C@@]2(S(=O)(=O)c3ccc(Cl)cc3)c3c(F)ccc(F)c3OC[C@H]2C1)C1CC1.O=S(=O)(N[C@@H]1CC[C@@]2(S(=O)(=O)c3ccc(Cl)cc3)c3c(F)ccc(F)c3OC[C@H]2C1)c1ccccn1. The summed E-state index contributed by atoms with van der Waals surface area (Å²) in [7, 11) is -20.3. The van der Waals surface area contributed by atoms with Crippen molar-refractivity contribution in [2.24, 2.45) is 35.5 Å². The van der Waals surface area contributed by atoms with Crippen molar-refractivity contribution in [3.63, 3.8) is 0 Å². The molecule has 6 aliphatic heterocycles. The molecule has 137 heavy (non-hydrogen) atoms. The van der Waals surface area contributed by atoms with E-state index in [1.165, 1.54) is 97.2 Å². The zero-order valence-corrected chi connectivity index (χ0v) is 81.1. The molecule has 8 aromatic carbocycles. The van der Waals surface area contributed by atoms with Gasteiger partial charge in [-0.3, -0.25) is 0 Å². The Morgan fingerprint density at radius 3 is 1.12 bits per heavy atom. The van der Waals surface area contributed by atoms with E-state index in [1.54, 1.807) is 15.9 Å². The maximum Gasteiger partial charge on any atom is 0.410 e. The maximum absolute atomic E-state index is 15.3. The van der Waals surface area contributed by atoms with Gasteiger partial charge in [-0.25, -0.2) is 101 Å². The number of carbonyl (C=O) groups excluding carboxylic acids is 2. The molecule has 20 rings (SSSR count). The van der Waals surface area contributed by atoms with Gasteiger partial charge in [0.05, 0.1) is 63.1 Å². The number of aromatic nitrogens is 1. The third-order valence-electron chi connectivity index (χ3n) is 28.9. The molecule has 7 heterocycles. The number of benzene rings is 8. The molecule has 2 saturated heterocycles. The van der Waals surface area contributed by atoms with E-state index in [9.17, 15) is 69.2 Å². The first kappa shape index (κ1) is 99.5. The van der Waals surface area contributed by atoms with E-state index in [0.29, 0.717) is 89.1 Å². The largest absolute Gasteiger partial charge is 0.490 e. The van der Waals surface area contributed by atoms with Crippen LogP contribution in [0.4, 0.5) is 44.7 Å². The third-order valence-corrected chi connectivity index (χ3v) is 41.1. The topological polar surface area (TPSA) is 304 Å². The molecule has 23 nitrogen and oxygen atoms in total. The highest BCUT2D eigenvalue weighted by Gasteiger charge is 2.64. The second-order valence-electron chi connectivity index (χ2n) is 37.3. The average molecular weight is 2070 g/mol. The molecule has 5 aliphatic carbocycles. The predicted molar refractivity (Wildman–Crippen MR) is 493 cm³/mol. The van der Waals surface area contributed by atoms with Crippen LogP contribution in [-0.4, -0.2) is 151 Å². The van der Waals surface area contributed by atoms with Crippen LogP contribution in [0.15, 0.2) is 190 Å². The Kier molecular flexibility index (Phi) is 28.4. The summed E-state index contributed by atoms with van der Waals surface area (Å²) in [5, 5.41) is 1.05. The standard InChI is InChI=1S/C26H28ClF2NO3.C25H26ClF2NO5S.C24H21ClF2N2O5S2.C22H22ClF2NO5S2/c1-16-9-11-30(14-16)25(31)33-20-8-10-26(13-17-2-4-19(27)5-3-17)18(12-20)15-32-24-22(29)7-6-21(28)23(24)26;1-15-9-11-29(13-15)24(30)34-18-8-10-25(35(31,32)19-4-2-17(26)3-5-19)16(12-18)14-33-23-21(28)7-6-20(27)22(23)25;25-16-4-6-18(7-5-16)35(30,31)24-11-10-17(29-36(32,33)21-3-1-2-12-28-21)13-15(24)14-34-23-20(27)9-8-19(26)22(23)24;23-14-1-3-16(4-2-14)32(27,28)22-10-9-15(26-33(29,30)17-5-6-17)11-13(22)12-31-21-19(25)8-7-18(24)20(21)22/h2-7,16,18,20H,8-15H2,1H3;2-7,15-16,18H,8-14H2,1H3;1-9,12,15,17,29H,10-11,13-14H2;1-4,7-8,13,15,17,26H,5-6,9-12H2/t16-,18-,20-,26+;15-,16-,18-,25+;15-,17-,24+;13-,15-,22+/m1111/s1.